The normalized spacial score (nSPS) is 22.7. The Morgan fingerprint density at radius 2 is 2.19 bits per heavy atom. The van der Waals surface area contributed by atoms with Gasteiger partial charge in [-0.3, -0.25) is 9.59 Å². The second-order valence-corrected chi connectivity index (χ2v) is 7.28. The highest BCUT2D eigenvalue weighted by atomic mass is 32.2. The number of allylic oxidation sites excluding steroid dienone is 1. The summed E-state index contributed by atoms with van der Waals surface area (Å²) in [5, 5.41) is 15.7. The molecule has 136 valence electrons. The molecule has 0 unspecified atom stereocenters. The Kier molecular flexibility index (Phi) is 6.31. The number of benzene rings is 1. The van der Waals surface area contributed by atoms with E-state index in [2.05, 4.69) is 16.7 Å². The summed E-state index contributed by atoms with van der Waals surface area (Å²) in [6.45, 7) is 1.25. The summed E-state index contributed by atoms with van der Waals surface area (Å²) in [7, 11) is 0. The number of nitrogens with zero attached hydrogens (tertiary/aromatic N) is 1. The fourth-order valence-electron chi connectivity index (χ4n) is 3.12. The minimum absolute atomic E-state index is 0.0923. The molecule has 2 amide bonds. The molecule has 2 aliphatic rings. The van der Waals surface area contributed by atoms with Gasteiger partial charge in [0, 0.05) is 25.5 Å². The molecule has 1 aromatic carbocycles. The second-order valence-electron chi connectivity index (χ2n) is 6.30. The Hall–Kier alpha value is -2.30. The molecule has 1 saturated heterocycles. The summed E-state index contributed by atoms with van der Waals surface area (Å²) < 4.78 is 5.48. The molecule has 0 aliphatic carbocycles. The first-order chi connectivity index (χ1) is 12.7. The fraction of sp³-hybridized carbons (Fsp3) is 0.421. The molecular formula is C19H21N3O3S. The van der Waals surface area contributed by atoms with Gasteiger partial charge in [-0.15, -0.1) is 0 Å². The van der Waals surface area contributed by atoms with Crippen molar-refractivity contribution in [2.45, 2.75) is 31.3 Å². The van der Waals surface area contributed by atoms with E-state index in [1.54, 1.807) is 0 Å². The van der Waals surface area contributed by atoms with E-state index in [-0.39, 0.29) is 36.0 Å². The molecule has 0 aromatic heterocycles. The van der Waals surface area contributed by atoms with Gasteiger partial charge in [-0.1, -0.05) is 42.1 Å². The minimum Gasteiger partial charge on any atom is -0.376 e. The SMILES string of the molecule is N#CC1=C(SCC(=O)NC[C@@H]2CCCO2)NC(=O)C[C@H]1c1ccccc1. The molecule has 6 nitrogen and oxygen atoms in total. The number of rotatable bonds is 6. The van der Waals surface area contributed by atoms with Crippen LogP contribution in [-0.2, 0) is 14.3 Å². The second kappa shape index (κ2) is 8.88. The molecule has 2 N–H and O–H groups in total. The number of ether oxygens (including phenoxy) is 1. The molecule has 1 aromatic rings. The van der Waals surface area contributed by atoms with Gasteiger partial charge < -0.3 is 15.4 Å². The molecule has 3 rings (SSSR count). The number of carbonyl (C=O) groups is 2. The van der Waals surface area contributed by atoms with Crippen LogP contribution in [0.3, 0.4) is 0 Å². The molecule has 0 spiro atoms. The Balaban J connectivity index is 1.64. The fourth-order valence-corrected chi connectivity index (χ4v) is 4.03. The molecule has 0 bridgehead atoms. The van der Waals surface area contributed by atoms with Gasteiger partial charge in [0.2, 0.25) is 11.8 Å². The predicted molar refractivity (Wildman–Crippen MR) is 99.0 cm³/mol. The van der Waals surface area contributed by atoms with Crippen LogP contribution in [0.1, 0.15) is 30.7 Å². The van der Waals surface area contributed by atoms with Crippen LogP contribution in [0.25, 0.3) is 0 Å². The quantitative estimate of drug-likeness (QED) is 0.799. The van der Waals surface area contributed by atoms with Crippen molar-refractivity contribution in [3.8, 4) is 6.07 Å². The lowest BCUT2D eigenvalue weighted by molar-refractivity contribution is -0.121. The number of hydrogen-bond acceptors (Lipinski definition) is 5. The van der Waals surface area contributed by atoms with Gasteiger partial charge in [0.1, 0.15) is 0 Å². The van der Waals surface area contributed by atoms with E-state index in [1.807, 2.05) is 30.3 Å². The van der Waals surface area contributed by atoms with Crippen LogP contribution in [0.15, 0.2) is 40.9 Å². The summed E-state index contributed by atoms with van der Waals surface area (Å²) in [5.74, 6) is -0.395. The van der Waals surface area contributed by atoms with Crippen LogP contribution in [0, 0.1) is 11.3 Å². The number of nitrogens with one attached hydrogen (secondary N) is 2. The van der Waals surface area contributed by atoms with Gasteiger partial charge in [0.05, 0.1) is 28.5 Å². The zero-order valence-electron chi connectivity index (χ0n) is 14.4. The smallest absolute Gasteiger partial charge is 0.230 e. The van der Waals surface area contributed by atoms with E-state index < -0.39 is 0 Å². The van der Waals surface area contributed by atoms with Crippen LogP contribution in [0.5, 0.6) is 0 Å². The highest BCUT2D eigenvalue weighted by Crippen LogP contribution is 2.35. The van der Waals surface area contributed by atoms with Crippen LogP contribution in [-0.4, -0.2) is 36.8 Å². The molecule has 2 heterocycles. The Morgan fingerprint density at radius 3 is 2.88 bits per heavy atom. The van der Waals surface area contributed by atoms with Crippen molar-refractivity contribution >= 4 is 23.6 Å². The van der Waals surface area contributed by atoms with Crippen molar-refractivity contribution in [1.82, 2.24) is 10.6 Å². The Labute approximate surface area is 157 Å². The van der Waals surface area contributed by atoms with Crippen molar-refractivity contribution in [3.05, 3.63) is 46.5 Å². The molecule has 2 aliphatic heterocycles. The number of hydrogen-bond donors (Lipinski definition) is 2. The molecule has 2 atom stereocenters. The third-order valence-electron chi connectivity index (χ3n) is 4.46. The Bertz CT molecular complexity index is 736. The van der Waals surface area contributed by atoms with Gasteiger partial charge in [0.15, 0.2) is 0 Å². The van der Waals surface area contributed by atoms with Gasteiger partial charge in [-0.05, 0) is 18.4 Å². The molecular weight excluding hydrogens is 350 g/mol. The molecule has 0 radical (unpaired) electrons. The summed E-state index contributed by atoms with van der Waals surface area (Å²) >= 11 is 1.20. The summed E-state index contributed by atoms with van der Waals surface area (Å²) in [6.07, 6.45) is 2.32. The maximum absolute atomic E-state index is 12.1. The summed E-state index contributed by atoms with van der Waals surface area (Å²) in [6, 6.07) is 11.7. The number of carbonyl (C=O) groups excluding carboxylic acids is 2. The highest BCUT2D eigenvalue weighted by molar-refractivity contribution is 8.03. The van der Waals surface area contributed by atoms with Gasteiger partial charge in [-0.2, -0.15) is 5.26 Å². The first kappa shape index (κ1) is 18.5. The first-order valence-corrected chi connectivity index (χ1v) is 9.66. The zero-order valence-corrected chi connectivity index (χ0v) is 15.2. The van der Waals surface area contributed by atoms with Crippen LogP contribution in [0.2, 0.25) is 0 Å². The predicted octanol–water partition coefficient (Wildman–Crippen LogP) is 2.05. The average Bonchev–Trinajstić information content (AvgIpc) is 3.18. The zero-order chi connectivity index (χ0) is 18.4. The molecule has 0 saturated carbocycles. The molecule has 7 heteroatoms. The third kappa shape index (κ3) is 4.65. The maximum Gasteiger partial charge on any atom is 0.230 e. The largest absolute Gasteiger partial charge is 0.376 e. The lowest BCUT2D eigenvalue weighted by Gasteiger charge is -2.25. The van der Waals surface area contributed by atoms with Crippen molar-refractivity contribution < 1.29 is 14.3 Å². The average molecular weight is 371 g/mol. The van der Waals surface area contributed by atoms with Crippen LogP contribution in [0.4, 0.5) is 0 Å². The minimum atomic E-state index is -0.271. The lowest BCUT2D eigenvalue weighted by Crippen LogP contribution is -2.34. The standard InChI is InChI=1S/C19H21N3O3S/c20-10-16-15(13-5-2-1-3-6-13)9-17(23)22-19(16)26-12-18(24)21-11-14-7-4-8-25-14/h1-3,5-6,14-15H,4,7-9,11-12H2,(H,21,24)(H,22,23)/t14-,15-/m0/s1. The van der Waals surface area contributed by atoms with Crippen LogP contribution >= 0.6 is 11.8 Å². The lowest BCUT2D eigenvalue weighted by atomic mass is 9.87. The van der Waals surface area contributed by atoms with Gasteiger partial charge in [0.25, 0.3) is 0 Å². The van der Waals surface area contributed by atoms with E-state index in [4.69, 9.17) is 4.74 Å². The number of amides is 2. The summed E-state index contributed by atoms with van der Waals surface area (Å²) in [5.41, 5.74) is 1.44. The monoisotopic (exact) mass is 371 g/mol. The number of thioether (sulfide) groups is 1. The van der Waals surface area contributed by atoms with E-state index in [0.29, 0.717) is 17.1 Å². The van der Waals surface area contributed by atoms with Gasteiger partial charge >= 0.3 is 0 Å². The number of nitriles is 1. The Morgan fingerprint density at radius 1 is 1.38 bits per heavy atom. The van der Waals surface area contributed by atoms with Crippen LogP contribution < -0.4 is 10.6 Å². The van der Waals surface area contributed by atoms with Gasteiger partial charge in [-0.25, -0.2) is 0 Å². The summed E-state index contributed by atoms with van der Waals surface area (Å²) in [4.78, 5) is 24.1. The van der Waals surface area contributed by atoms with E-state index in [1.165, 1.54) is 11.8 Å². The highest BCUT2D eigenvalue weighted by Gasteiger charge is 2.29. The van der Waals surface area contributed by atoms with E-state index >= 15 is 0 Å². The van der Waals surface area contributed by atoms with E-state index in [9.17, 15) is 14.9 Å². The van der Waals surface area contributed by atoms with Crippen molar-refractivity contribution in [2.75, 3.05) is 18.9 Å². The molecule has 26 heavy (non-hydrogen) atoms. The third-order valence-corrected chi connectivity index (χ3v) is 5.47. The van der Waals surface area contributed by atoms with E-state index in [0.717, 1.165) is 25.0 Å². The van der Waals surface area contributed by atoms with Crippen molar-refractivity contribution in [1.29, 1.82) is 5.26 Å². The topological polar surface area (TPSA) is 91.2 Å². The van der Waals surface area contributed by atoms with Crippen molar-refractivity contribution in [3.63, 3.8) is 0 Å². The van der Waals surface area contributed by atoms with Crippen molar-refractivity contribution in [2.24, 2.45) is 0 Å². The molecule has 1 fully saturated rings. The first-order valence-electron chi connectivity index (χ1n) is 8.67. The maximum atomic E-state index is 12.1.